The summed E-state index contributed by atoms with van der Waals surface area (Å²) >= 11 is -0.0975. The quantitative estimate of drug-likeness (QED) is 0.626. The van der Waals surface area contributed by atoms with Gasteiger partial charge in [-0.05, 0) is 0 Å². The van der Waals surface area contributed by atoms with Crippen LogP contribution in [0.4, 0.5) is 0 Å². The van der Waals surface area contributed by atoms with Crippen LogP contribution >= 0.6 is 0 Å². The summed E-state index contributed by atoms with van der Waals surface area (Å²) in [4.78, 5) is 10.9. The Bertz CT molecular complexity index is 111. The van der Waals surface area contributed by atoms with Crippen molar-refractivity contribution in [2.75, 3.05) is 13.2 Å². The number of hydrogen-bond acceptors (Lipinski definition) is 4. The second-order valence-electron chi connectivity index (χ2n) is 1.77. The number of ether oxygens (including phenoxy) is 2. The summed E-state index contributed by atoms with van der Waals surface area (Å²) in [5, 5.41) is 0. The molecule has 0 heterocycles. The molecule has 0 saturated carbocycles. The van der Waals surface area contributed by atoms with Crippen LogP contribution in [0, 0.1) is 0 Å². The first-order chi connectivity index (χ1) is 5.26. The summed E-state index contributed by atoms with van der Waals surface area (Å²) in [5.41, 5.74) is 0. The van der Waals surface area contributed by atoms with Crippen LogP contribution in [-0.2, 0) is 17.1 Å². The van der Waals surface area contributed by atoms with Crippen LogP contribution in [0.15, 0.2) is 0 Å². The zero-order valence-corrected chi connectivity index (χ0v) is 12.8. The molecule has 0 aromatic carbocycles. The van der Waals surface area contributed by atoms with Gasteiger partial charge in [-0.15, -0.1) is 0 Å². The van der Waals surface area contributed by atoms with Gasteiger partial charge < -0.3 is 0 Å². The molecule has 0 rings (SSSR count). The zero-order valence-electron chi connectivity index (χ0n) is 7.12. The SMILES string of the molecule is CCOC(OCC)C(=O)[O][InH2]. The average Bonchev–Trinajstić information content (AvgIpc) is 2.03. The summed E-state index contributed by atoms with van der Waals surface area (Å²) in [6, 6.07) is 0. The molecule has 4 nitrogen and oxygen atoms in total. The van der Waals surface area contributed by atoms with Crippen LogP contribution in [0.3, 0.4) is 0 Å². The van der Waals surface area contributed by atoms with Crippen molar-refractivity contribution in [3.63, 3.8) is 0 Å². The fraction of sp³-hybridized carbons (Fsp3) is 0.833. The van der Waals surface area contributed by atoms with Gasteiger partial charge in [0.2, 0.25) is 0 Å². The summed E-state index contributed by atoms with van der Waals surface area (Å²) in [6.07, 6.45) is -0.813. The van der Waals surface area contributed by atoms with Gasteiger partial charge in [-0.25, -0.2) is 0 Å². The zero-order chi connectivity index (χ0) is 8.69. The first kappa shape index (κ1) is 11.3. The number of carbonyl (C=O) groups excluding carboxylic acids is 1. The van der Waals surface area contributed by atoms with E-state index in [1.54, 1.807) is 13.8 Å². The monoisotopic (exact) mass is 264 g/mol. The van der Waals surface area contributed by atoms with Crippen molar-refractivity contribution in [2.45, 2.75) is 20.1 Å². The minimum absolute atomic E-state index is 0.0975. The van der Waals surface area contributed by atoms with Gasteiger partial charge in [0.25, 0.3) is 0 Å². The second kappa shape index (κ2) is 6.94. The molecule has 0 bridgehead atoms. The molecule has 5 heteroatoms. The Labute approximate surface area is 81.4 Å². The van der Waals surface area contributed by atoms with E-state index >= 15 is 0 Å². The molecule has 0 radical (unpaired) electrons. The minimum atomic E-state index is -0.813. The number of rotatable bonds is 5. The van der Waals surface area contributed by atoms with Gasteiger partial charge in [0.15, 0.2) is 0 Å². The van der Waals surface area contributed by atoms with Crippen LogP contribution in [0.5, 0.6) is 0 Å². The fourth-order valence-electron chi connectivity index (χ4n) is 0.583. The van der Waals surface area contributed by atoms with E-state index in [4.69, 9.17) is 9.47 Å². The van der Waals surface area contributed by atoms with Crippen LogP contribution in [0.2, 0.25) is 0 Å². The van der Waals surface area contributed by atoms with Crippen molar-refractivity contribution >= 4 is 30.8 Å². The average molecular weight is 264 g/mol. The molecule has 0 fully saturated rings. The molecule has 0 aliphatic heterocycles. The first-order valence-corrected chi connectivity index (χ1v) is 5.90. The maximum absolute atomic E-state index is 10.9. The van der Waals surface area contributed by atoms with Crippen LogP contribution < -0.4 is 0 Å². The molecule has 0 amide bonds. The third-order valence-electron chi connectivity index (χ3n) is 1.03. The van der Waals surface area contributed by atoms with E-state index < -0.39 is 12.3 Å². The molecular weight excluding hydrogens is 251 g/mol. The van der Waals surface area contributed by atoms with E-state index in [2.05, 4.69) is 2.85 Å². The van der Waals surface area contributed by atoms with Crippen molar-refractivity contribution in [2.24, 2.45) is 0 Å². The van der Waals surface area contributed by atoms with Gasteiger partial charge >= 0.3 is 81.3 Å². The van der Waals surface area contributed by atoms with Crippen molar-refractivity contribution in [1.29, 1.82) is 0 Å². The van der Waals surface area contributed by atoms with E-state index in [0.717, 1.165) is 0 Å². The van der Waals surface area contributed by atoms with Gasteiger partial charge in [0.1, 0.15) is 0 Å². The molecule has 0 atom stereocenters. The van der Waals surface area contributed by atoms with Crippen molar-refractivity contribution in [1.82, 2.24) is 0 Å². The third-order valence-corrected chi connectivity index (χ3v) is 2.18. The molecule has 0 N–H and O–H groups in total. The van der Waals surface area contributed by atoms with E-state index in [0.29, 0.717) is 13.2 Å². The molecule has 0 spiro atoms. The Balaban J connectivity index is 3.76. The predicted molar refractivity (Wildman–Crippen MR) is 41.7 cm³/mol. The molecule has 0 unspecified atom stereocenters. The molecule has 0 aliphatic rings. The van der Waals surface area contributed by atoms with Gasteiger partial charge in [-0.2, -0.15) is 0 Å². The van der Waals surface area contributed by atoms with Gasteiger partial charge in [-0.3, -0.25) is 0 Å². The Morgan fingerprint density at radius 2 is 1.82 bits per heavy atom. The van der Waals surface area contributed by atoms with Gasteiger partial charge in [0.05, 0.1) is 0 Å². The summed E-state index contributed by atoms with van der Waals surface area (Å²) in [7, 11) is 0. The van der Waals surface area contributed by atoms with Gasteiger partial charge in [-0.1, -0.05) is 0 Å². The predicted octanol–water partition coefficient (Wildman–Crippen LogP) is -0.523. The summed E-state index contributed by atoms with van der Waals surface area (Å²) in [6.45, 7) is 4.51. The molecule has 0 aliphatic carbocycles. The molecule has 0 saturated heterocycles. The van der Waals surface area contributed by atoms with E-state index in [9.17, 15) is 4.79 Å². The molecule has 0 aromatic heterocycles. The van der Waals surface area contributed by atoms with E-state index in [1.165, 1.54) is 0 Å². The van der Waals surface area contributed by atoms with Crippen molar-refractivity contribution in [3.05, 3.63) is 0 Å². The van der Waals surface area contributed by atoms with Crippen LogP contribution in [0.25, 0.3) is 0 Å². The number of carbonyl (C=O) groups is 1. The Morgan fingerprint density at radius 3 is 2.09 bits per heavy atom. The third kappa shape index (κ3) is 4.66. The van der Waals surface area contributed by atoms with Crippen LogP contribution in [-0.4, -0.2) is 50.3 Å². The summed E-state index contributed by atoms with van der Waals surface area (Å²) in [5.74, 6) is -0.399. The van der Waals surface area contributed by atoms with E-state index in [-0.39, 0.29) is 24.8 Å². The molecular formula is C6H13InO4. The topological polar surface area (TPSA) is 44.8 Å². The maximum atomic E-state index is 10.9. The normalized spacial score (nSPS) is 10.1. The van der Waals surface area contributed by atoms with Crippen molar-refractivity contribution in [3.8, 4) is 0 Å². The number of hydrogen-bond donors (Lipinski definition) is 0. The van der Waals surface area contributed by atoms with E-state index in [1.807, 2.05) is 0 Å². The fourth-order valence-corrected chi connectivity index (χ4v) is 1.13. The first-order valence-electron chi connectivity index (χ1n) is 3.57. The molecule has 64 valence electrons. The molecule has 11 heavy (non-hydrogen) atoms. The summed E-state index contributed by atoms with van der Waals surface area (Å²) < 4.78 is 14.6. The van der Waals surface area contributed by atoms with Gasteiger partial charge in [0, 0.05) is 0 Å². The molecule has 0 aromatic rings. The Kier molecular flexibility index (Phi) is 7.10. The Hall–Kier alpha value is 0.260. The Morgan fingerprint density at radius 1 is 1.36 bits per heavy atom. The van der Waals surface area contributed by atoms with Crippen molar-refractivity contribution < 1.29 is 17.1 Å². The van der Waals surface area contributed by atoms with Crippen LogP contribution in [0.1, 0.15) is 13.8 Å². The standard InChI is InChI=1S/C6H12O4.In.2H/c1-3-9-6(5(7)8)10-4-2;;;/h6H,3-4H2,1-2H3,(H,7,8);;;/q;+1;;/p-1. The second-order valence-corrected chi connectivity index (χ2v) is 2.93.